The van der Waals surface area contributed by atoms with Crippen molar-refractivity contribution >= 4 is 17.7 Å². The van der Waals surface area contributed by atoms with Crippen molar-refractivity contribution in [3.05, 3.63) is 64.7 Å². The SMILES string of the molecule is Cc1cccc(CSCCNC(=O)C(C)Oc2cc(C)ccc2C)c1. The van der Waals surface area contributed by atoms with Crippen molar-refractivity contribution in [2.75, 3.05) is 12.3 Å². The molecule has 2 aromatic rings. The van der Waals surface area contributed by atoms with Crippen LogP contribution in [-0.4, -0.2) is 24.3 Å². The Kier molecular flexibility index (Phi) is 7.38. The number of nitrogens with one attached hydrogen (secondary N) is 1. The first-order valence-corrected chi connectivity index (χ1v) is 9.76. The predicted octanol–water partition coefficient (Wildman–Crippen LogP) is 4.43. The molecule has 134 valence electrons. The average Bonchev–Trinajstić information content (AvgIpc) is 2.57. The second-order valence-electron chi connectivity index (χ2n) is 6.36. The molecular formula is C21H27NO2S. The summed E-state index contributed by atoms with van der Waals surface area (Å²) in [6.45, 7) is 8.54. The zero-order valence-corrected chi connectivity index (χ0v) is 16.3. The van der Waals surface area contributed by atoms with E-state index >= 15 is 0 Å². The number of thioether (sulfide) groups is 1. The van der Waals surface area contributed by atoms with Gasteiger partial charge in [-0.05, 0) is 50.5 Å². The van der Waals surface area contributed by atoms with Crippen molar-refractivity contribution in [1.29, 1.82) is 0 Å². The molecule has 3 nitrogen and oxygen atoms in total. The van der Waals surface area contributed by atoms with Crippen LogP contribution in [0.3, 0.4) is 0 Å². The molecule has 0 radical (unpaired) electrons. The van der Waals surface area contributed by atoms with Crippen LogP contribution in [0.1, 0.15) is 29.2 Å². The van der Waals surface area contributed by atoms with E-state index in [1.165, 1.54) is 11.1 Å². The molecule has 0 aromatic heterocycles. The Labute approximate surface area is 155 Å². The van der Waals surface area contributed by atoms with Gasteiger partial charge in [-0.3, -0.25) is 4.79 Å². The lowest BCUT2D eigenvalue weighted by atomic mass is 10.1. The lowest BCUT2D eigenvalue weighted by molar-refractivity contribution is -0.127. The molecule has 1 atom stereocenters. The standard InChI is InChI=1S/C21H27NO2S/c1-15-6-5-7-19(12-15)14-25-11-10-22-21(23)18(4)24-20-13-16(2)8-9-17(20)3/h5-9,12-13,18H,10-11,14H2,1-4H3,(H,22,23). The number of aryl methyl sites for hydroxylation is 3. The summed E-state index contributed by atoms with van der Waals surface area (Å²) in [4.78, 5) is 12.2. The highest BCUT2D eigenvalue weighted by Gasteiger charge is 2.15. The first-order chi connectivity index (χ1) is 12.0. The maximum atomic E-state index is 12.2. The van der Waals surface area contributed by atoms with Gasteiger partial charge in [0.05, 0.1) is 0 Å². The third-order valence-electron chi connectivity index (χ3n) is 3.91. The first-order valence-electron chi connectivity index (χ1n) is 8.60. The van der Waals surface area contributed by atoms with Crippen molar-refractivity contribution in [3.8, 4) is 5.75 Å². The van der Waals surface area contributed by atoms with Gasteiger partial charge in [-0.1, -0.05) is 42.0 Å². The smallest absolute Gasteiger partial charge is 0.260 e. The van der Waals surface area contributed by atoms with Crippen LogP contribution in [0.2, 0.25) is 0 Å². The van der Waals surface area contributed by atoms with E-state index in [2.05, 4.69) is 36.5 Å². The summed E-state index contributed by atoms with van der Waals surface area (Å²) in [6, 6.07) is 14.5. The quantitative estimate of drug-likeness (QED) is 0.710. The maximum Gasteiger partial charge on any atom is 0.260 e. The number of ether oxygens (including phenoxy) is 1. The van der Waals surface area contributed by atoms with Gasteiger partial charge in [0, 0.05) is 18.1 Å². The zero-order valence-electron chi connectivity index (χ0n) is 15.5. The minimum atomic E-state index is -0.498. The minimum Gasteiger partial charge on any atom is -0.481 e. The van der Waals surface area contributed by atoms with E-state index in [-0.39, 0.29) is 5.91 Å². The fraction of sp³-hybridized carbons (Fsp3) is 0.381. The zero-order chi connectivity index (χ0) is 18.2. The van der Waals surface area contributed by atoms with Crippen LogP contribution < -0.4 is 10.1 Å². The average molecular weight is 358 g/mol. The topological polar surface area (TPSA) is 38.3 Å². The molecule has 2 aromatic carbocycles. The van der Waals surface area contributed by atoms with Gasteiger partial charge in [0.15, 0.2) is 6.10 Å². The largest absolute Gasteiger partial charge is 0.481 e. The molecule has 0 aliphatic carbocycles. The molecule has 0 spiro atoms. The molecule has 1 unspecified atom stereocenters. The molecule has 0 saturated carbocycles. The van der Waals surface area contributed by atoms with E-state index < -0.39 is 6.10 Å². The van der Waals surface area contributed by atoms with Crippen molar-refractivity contribution in [3.63, 3.8) is 0 Å². The molecule has 0 aliphatic heterocycles. The van der Waals surface area contributed by atoms with Gasteiger partial charge >= 0.3 is 0 Å². The maximum absolute atomic E-state index is 12.2. The summed E-state index contributed by atoms with van der Waals surface area (Å²) in [5.41, 5.74) is 4.77. The van der Waals surface area contributed by atoms with Crippen molar-refractivity contribution < 1.29 is 9.53 Å². The number of benzene rings is 2. The molecule has 1 amide bonds. The van der Waals surface area contributed by atoms with Crippen molar-refractivity contribution in [2.45, 2.75) is 39.6 Å². The van der Waals surface area contributed by atoms with Gasteiger partial charge in [0.1, 0.15) is 5.75 Å². The van der Waals surface area contributed by atoms with E-state index in [0.29, 0.717) is 6.54 Å². The van der Waals surface area contributed by atoms with Gasteiger partial charge in [0.2, 0.25) is 0 Å². The summed E-state index contributed by atoms with van der Waals surface area (Å²) in [6.07, 6.45) is -0.498. The lowest BCUT2D eigenvalue weighted by Crippen LogP contribution is -2.37. The van der Waals surface area contributed by atoms with E-state index in [4.69, 9.17) is 4.74 Å². The Morgan fingerprint density at radius 3 is 2.64 bits per heavy atom. The third kappa shape index (κ3) is 6.46. The number of rotatable bonds is 8. The van der Waals surface area contributed by atoms with Crippen LogP contribution in [0.25, 0.3) is 0 Å². The van der Waals surface area contributed by atoms with E-state index in [1.54, 1.807) is 6.92 Å². The summed E-state index contributed by atoms with van der Waals surface area (Å²) >= 11 is 1.82. The number of carbonyl (C=O) groups excluding carboxylic acids is 1. The Balaban J connectivity index is 1.70. The Bertz CT molecular complexity index is 715. The summed E-state index contributed by atoms with van der Waals surface area (Å²) < 4.78 is 5.81. The monoisotopic (exact) mass is 357 g/mol. The molecule has 0 aliphatic rings. The minimum absolute atomic E-state index is 0.0722. The number of amides is 1. The number of hydrogen-bond donors (Lipinski definition) is 1. The Hall–Kier alpha value is -1.94. The van der Waals surface area contributed by atoms with Gasteiger partial charge in [-0.2, -0.15) is 11.8 Å². The van der Waals surface area contributed by atoms with Gasteiger partial charge in [0.25, 0.3) is 5.91 Å². The first kappa shape index (κ1) is 19.4. The van der Waals surface area contributed by atoms with Crippen LogP contribution in [-0.2, 0) is 10.5 Å². The van der Waals surface area contributed by atoms with Gasteiger partial charge in [-0.25, -0.2) is 0 Å². The highest BCUT2D eigenvalue weighted by Crippen LogP contribution is 2.20. The highest BCUT2D eigenvalue weighted by atomic mass is 32.2. The van der Waals surface area contributed by atoms with Crippen molar-refractivity contribution in [1.82, 2.24) is 5.32 Å². The van der Waals surface area contributed by atoms with Crippen molar-refractivity contribution in [2.24, 2.45) is 0 Å². The van der Waals surface area contributed by atoms with Crippen LogP contribution in [0, 0.1) is 20.8 Å². The van der Waals surface area contributed by atoms with Crippen LogP contribution >= 0.6 is 11.8 Å². The second kappa shape index (κ2) is 9.52. The number of hydrogen-bond acceptors (Lipinski definition) is 3. The fourth-order valence-corrected chi connectivity index (χ4v) is 3.27. The Morgan fingerprint density at radius 2 is 1.88 bits per heavy atom. The van der Waals surface area contributed by atoms with E-state index in [0.717, 1.165) is 28.4 Å². The summed E-state index contributed by atoms with van der Waals surface area (Å²) in [7, 11) is 0. The van der Waals surface area contributed by atoms with Gasteiger partial charge < -0.3 is 10.1 Å². The van der Waals surface area contributed by atoms with E-state index in [9.17, 15) is 4.79 Å². The van der Waals surface area contributed by atoms with Gasteiger partial charge in [-0.15, -0.1) is 0 Å². The normalized spacial score (nSPS) is 11.8. The molecule has 1 N–H and O–H groups in total. The summed E-state index contributed by atoms with van der Waals surface area (Å²) in [5, 5.41) is 2.95. The molecule has 4 heteroatoms. The van der Waals surface area contributed by atoms with E-state index in [1.807, 2.05) is 43.8 Å². The molecule has 0 bridgehead atoms. The molecule has 0 saturated heterocycles. The fourth-order valence-electron chi connectivity index (χ4n) is 2.46. The second-order valence-corrected chi connectivity index (χ2v) is 7.47. The van der Waals surface area contributed by atoms with Crippen LogP contribution in [0.15, 0.2) is 42.5 Å². The molecule has 2 rings (SSSR count). The third-order valence-corrected chi connectivity index (χ3v) is 4.94. The Morgan fingerprint density at radius 1 is 1.12 bits per heavy atom. The van der Waals surface area contributed by atoms with Crippen LogP contribution in [0.5, 0.6) is 5.75 Å². The molecule has 0 fully saturated rings. The highest BCUT2D eigenvalue weighted by molar-refractivity contribution is 7.98. The molecule has 25 heavy (non-hydrogen) atoms. The molecular weight excluding hydrogens is 330 g/mol. The van der Waals surface area contributed by atoms with Crippen LogP contribution in [0.4, 0.5) is 0 Å². The number of carbonyl (C=O) groups is 1. The summed E-state index contributed by atoms with van der Waals surface area (Å²) in [5.74, 6) is 2.55. The predicted molar refractivity (Wildman–Crippen MR) is 106 cm³/mol. The molecule has 0 heterocycles. The lowest BCUT2D eigenvalue weighted by Gasteiger charge is -2.16.